The Morgan fingerprint density at radius 1 is 1.29 bits per heavy atom. The first-order chi connectivity index (χ1) is 8.02. The number of nitrogens with one attached hydrogen (secondary N) is 2. The van der Waals surface area contributed by atoms with Crippen molar-refractivity contribution in [1.82, 2.24) is 10.6 Å². The third-order valence-corrected chi connectivity index (χ3v) is 3.75. The lowest BCUT2D eigenvalue weighted by Gasteiger charge is -2.26. The zero-order chi connectivity index (χ0) is 12.5. The minimum Gasteiger partial charge on any atom is -0.480 e. The molecule has 0 aromatic rings. The van der Waals surface area contributed by atoms with Gasteiger partial charge in [0.25, 0.3) is 0 Å². The fourth-order valence-corrected chi connectivity index (χ4v) is 2.07. The van der Waals surface area contributed by atoms with Gasteiger partial charge in [-0.05, 0) is 38.0 Å². The van der Waals surface area contributed by atoms with Gasteiger partial charge in [-0.3, -0.25) is 0 Å². The molecule has 0 radical (unpaired) electrons. The fourth-order valence-electron chi connectivity index (χ4n) is 2.07. The van der Waals surface area contributed by atoms with E-state index in [9.17, 15) is 14.7 Å². The van der Waals surface area contributed by atoms with Gasteiger partial charge < -0.3 is 15.7 Å². The number of urea groups is 1. The molecule has 5 heteroatoms. The van der Waals surface area contributed by atoms with Crippen LogP contribution in [-0.2, 0) is 4.79 Å². The second-order valence-corrected chi connectivity index (χ2v) is 5.39. The van der Waals surface area contributed by atoms with Gasteiger partial charge in [0.1, 0.15) is 5.54 Å². The van der Waals surface area contributed by atoms with Crippen LogP contribution in [0.25, 0.3) is 0 Å². The molecule has 2 aliphatic rings. The zero-order valence-electron chi connectivity index (χ0n) is 10.2. The van der Waals surface area contributed by atoms with Gasteiger partial charge in [-0.25, -0.2) is 9.59 Å². The average molecular weight is 240 g/mol. The van der Waals surface area contributed by atoms with E-state index in [4.69, 9.17) is 0 Å². The highest BCUT2D eigenvalue weighted by atomic mass is 16.4. The maximum atomic E-state index is 11.6. The summed E-state index contributed by atoms with van der Waals surface area (Å²) in [6.07, 6.45) is 5.29. The van der Waals surface area contributed by atoms with Crippen molar-refractivity contribution in [3.63, 3.8) is 0 Å². The first kappa shape index (κ1) is 12.2. The lowest BCUT2D eigenvalue weighted by molar-refractivity contribution is -0.144. The van der Waals surface area contributed by atoms with Gasteiger partial charge in [-0.1, -0.05) is 12.8 Å². The molecule has 2 fully saturated rings. The van der Waals surface area contributed by atoms with Crippen LogP contribution in [0.15, 0.2) is 0 Å². The summed E-state index contributed by atoms with van der Waals surface area (Å²) < 4.78 is 0. The molecule has 0 aromatic heterocycles. The number of aliphatic carboxylic acids is 1. The van der Waals surface area contributed by atoms with Crippen LogP contribution >= 0.6 is 0 Å². The van der Waals surface area contributed by atoms with Crippen molar-refractivity contribution < 1.29 is 14.7 Å². The van der Waals surface area contributed by atoms with Crippen molar-refractivity contribution in [3.8, 4) is 0 Å². The summed E-state index contributed by atoms with van der Waals surface area (Å²) in [5.41, 5.74) is -1.11. The lowest BCUT2D eigenvalue weighted by atomic mass is 9.96. The molecule has 96 valence electrons. The Hall–Kier alpha value is -1.26. The van der Waals surface area contributed by atoms with Crippen molar-refractivity contribution in [2.75, 3.05) is 6.54 Å². The Balaban J connectivity index is 1.76. The predicted molar refractivity (Wildman–Crippen MR) is 62.6 cm³/mol. The predicted octanol–water partition coefficient (Wildman–Crippen LogP) is 1.34. The van der Waals surface area contributed by atoms with E-state index < -0.39 is 11.5 Å². The first-order valence-corrected chi connectivity index (χ1v) is 6.32. The molecule has 2 rings (SSSR count). The Labute approximate surface area is 101 Å². The maximum Gasteiger partial charge on any atom is 0.329 e. The monoisotopic (exact) mass is 240 g/mol. The highest BCUT2D eigenvalue weighted by molar-refractivity contribution is 5.86. The number of carboxylic acid groups (broad SMARTS) is 1. The molecule has 0 saturated heterocycles. The van der Waals surface area contributed by atoms with E-state index in [1.807, 2.05) is 0 Å². The molecule has 2 amide bonds. The molecule has 1 unspecified atom stereocenters. The molecule has 0 heterocycles. The summed E-state index contributed by atoms with van der Waals surface area (Å²) in [4.78, 5) is 22.8. The van der Waals surface area contributed by atoms with Gasteiger partial charge in [0.05, 0.1) is 0 Å². The molecule has 3 N–H and O–H groups in total. The standard InChI is InChI=1S/C12H20N2O3/c1-12(10(15)16,9-4-5-9)14-11(17)13-7-6-8-2-3-8/h8-9H,2-7H2,1H3,(H,15,16)(H2,13,14,17). The van der Waals surface area contributed by atoms with Crippen LogP contribution in [0.4, 0.5) is 4.79 Å². The average Bonchev–Trinajstić information content (AvgIpc) is 3.11. The van der Waals surface area contributed by atoms with E-state index in [-0.39, 0.29) is 11.9 Å². The van der Waals surface area contributed by atoms with Crippen molar-refractivity contribution in [1.29, 1.82) is 0 Å². The molecule has 0 aromatic carbocycles. The van der Waals surface area contributed by atoms with E-state index in [1.54, 1.807) is 6.92 Å². The number of rotatable bonds is 6. The van der Waals surface area contributed by atoms with Crippen LogP contribution in [-0.4, -0.2) is 29.2 Å². The minimum absolute atomic E-state index is 0.0779. The van der Waals surface area contributed by atoms with Gasteiger partial charge in [-0.15, -0.1) is 0 Å². The zero-order valence-corrected chi connectivity index (χ0v) is 10.2. The molecule has 2 saturated carbocycles. The van der Waals surface area contributed by atoms with Crippen LogP contribution in [0.3, 0.4) is 0 Å². The van der Waals surface area contributed by atoms with Crippen LogP contribution in [0.5, 0.6) is 0 Å². The molecular formula is C12H20N2O3. The SMILES string of the molecule is CC(NC(=O)NCCC1CC1)(C(=O)O)C1CC1. The minimum atomic E-state index is -1.11. The van der Waals surface area contributed by atoms with Gasteiger partial charge in [0, 0.05) is 6.54 Å². The molecule has 2 aliphatic carbocycles. The largest absolute Gasteiger partial charge is 0.480 e. The van der Waals surface area contributed by atoms with Crippen molar-refractivity contribution in [3.05, 3.63) is 0 Å². The number of amides is 2. The number of carbonyl (C=O) groups is 2. The van der Waals surface area contributed by atoms with E-state index in [0.717, 1.165) is 25.2 Å². The Kier molecular flexibility index (Phi) is 3.26. The molecule has 1 atom stereocenters. The topological polar surface area (TPSA) is 78.4 Å². The fraction of sp³-hybridized carbons (Fsp3) is 0.833. The van der Waals surface area contributed by atoms with Crippen LogP contribution in [0.2, 0.25) is 0 Å². The van der Waals surface area contributed by atoms with E-state index in [0.29, 0.717) is 6.54 Å². The second-order valence-electron chi connectivity index (χ2n) is 5.39. The van der Waals surface area contributed by atoms with Gasteiger partial charge in [0.15, 0.2) is 0 Å². The number of carboxylic acids is 1. The van der Waals surface area contributed by atoms with E-state index >= 15 is 0 Å². The molecule has 0 bridgehead atoms. The summed E-state index contributed by atoms with van der Waals surface area (Å²) in [5, 5.41) is 14.5. The quantitative estimate of drug-likeness (QED) is 0.655. The molecule has 17 heavy (non-hydrogen) atoms. The summed E-state index contributed by atoms with van der Waals surface area (Å²) >= 11 is 0. The Morgan fingerprint density at radius 3 is 2.41 bits per heavy atom. The van der Waals surface area contributed by atoms with Crippen LogP contribution in [0.1, 0.15) is 39.0 Å². The van der Waals surface area contributed by atoms with Gasteiger partial charge >= 0.3 is 12.0 Å². The molecule has 0 aliphatic heterocycles. The maximum absolute atomic E-state index is 11.6. The van der Waals surface area contributed by atoms with E-state index in [1.165, 1.54) is 12.8 Å². The molecular weight excluding hydrogens is 220 g/mol. The number of carbonyl (C=O) groups excluding carboxylic acids is 1. The first-order valence-electron chi connectivity index (χ1n) is 6.32. The summed E-state index contributed by atoms with van der Waals surface area (Å²) in [5.74, 6) is -0.101. The van der Waals surface area contributed by atoms with E-state index in [2.05, 4.69) is 10.6 Å². The summed E-state index contributed by atoms with van der Waals surface area (Å²) in [7, 11) is 0. The highest BCUT2D eigenvalue weighted by Crippen LogP contribution is 2.39. The third kappa shape index (κ3) is 3.11. The van der Waals surface area contributed by atoms with Gasteiger partial charge in [-0.2, -0.15) is 0 Å². The third-order valence-electron chi connectivity index (χ3n) is 3.75. The lowest BCUT2D eigenvalue weighted by Crippen LogP contribution is -2.56. The number of hydrogen-bond acceptors (Lipinski definition) is 2. The summed E-state index contributed by atoms with van der Waals surface area (Å²) in [6, 6.07) is -0.359. The highest BCUT2D eigenvalue weighted by Gasteiger charge is 2.48. The summed E-state index contributed by atoms with van der Waals surface area (Å²) in [6.45, 7) is 2.23. The Morgan fingerprint density at radius 2 is 1.94 bits per heavy atom. The smallest absolute Gasteiger partial charge is 0.329 e. The van der Waals surface area contributed by atoms with Crippen LogP contribution in [0, 0.1) is 11.8 Å². The second kappa shape index (κ2) is 4.55. The Bertz CT molecular complexity index is 324. The normalized spacial score (nSPS) is 22.6. The molecule has 5 nitrogen and oxygen atoms in total. The van der Waals surface area contributed by atoms with Crippen molar-refractivity contribution >= 4 is 12.0 Å². The van der Waals surface area contributed by atoms with Gasteiger partial charge in [0.2, 0.25) is 0 Å². The van der Waals surface area contributed by atoms with Crippen molar-refractivity contribution in [2.24, 2.45) is 11.8 Å². The van der Waals surface area contributed by atoms with Crippen LogP contribution < -0.4 is 10.6 Å². The number of hydrogen-bond donors (Lipinski definition) is 3. The molecule has 0 spiro atoms. The van der Waals surface area contributed by atoms with Crippen molar-refractivity contribution in [2.45, 2.75) is 44.6 Å².